The fraction of sp³-hybridized carbons (Fsp3) is 0.214. The molecule has 0 aliphatic rings. The summed E-state index contributed by atoms with van der Waals surface area (Å²) in [4.78, 5) is 27.8. The van der Waals surface area contributed by atoms with Gasteiger partial charge in [0.05, 0.1) is 29.3 Å². The van der Waals surface area contributed by atoms with E-state index in [1.807, 2.05) is 11.5 Å². The Kier molecular flexibility index (Phi) is 3.31. The van der Waals surface area contributed by atoms with Crippen LogP contribution in [0.1, 0.15) is 12.6 Å². The van der Waals surface area contributed by atoms with Crippen LogP contribution in [0.5, 0.6) is 0 Å². The van der Waals surface area contributed by atoms with E-state index >= 15 is 0 Å². The lowest BCUT2D eigenvalue weighted by molar-refractivity contribution is 0.720. The summed E-state index contributed by atoms with van der Waals surface area (Å²) in [5.41, 5.74) is 1.00. The second kappa shape index (κ2) is 5.28. The summed E-state index contributed by atoms with van der Waals surface area (Å²) in [6.07, 6.45) is 3.54. The van der Waals surface area contributed by atoms with Gasteiger partial charge < -0.3 is 9.88 Å². The molecule has 0 amide bonds. The number of rotatable bonds is 4. The largest absolute Gasteiger partial charge is 0.379 e. The van der Waals surface area contributed by atoms with Crippen molar-refractivity contribution in [1.82, 2.24) is 19.7 Å². The molecule has 0 bridgehead atoms. The molecule has 0 spiro atoms. The van der Waals surface area contributed by atoms with E-state index in [0.717, 1.165) is 12.2 Å². The zero-order valence-corrected chi connectivity index (χ0v) is 11.5. The number of aromatic amines is 2. The zero-order valence-electron chi connectivity index (χ0n) is 11.5. The highest BCUT2D eigenvalue weighted by atomic mass is 16.1. The molecule has 3 rings (SSSR count). The van der Waals surface area contributed by atoms with Gasteiger partial charge in [-0.1, -0.05) is 6.07 Å². The van der Waals surface area contributed by atoms with Crippen molar-refractivity contribution in [2.75, 3.05) is 5.32 Å². The van der Waals surface area contributed by atoms with Gasteiger partial charge in [-0.15, -0.1) is 0 Å². The van der Waals surface area contributed by atoms with Crippen LogP contribution in [0.3, 0.4) is 0 Å². The number of hydrogen-bond acceptors (Lipinski definition) is 4. The third kappa shape index (κ3) is 2.33. The highest BCUT2D eigenvalue weighted by Gasteiger charge is 2.08. The van der Waals surface area contributed by atoms with Crippen LogP contribution in [-0.4, -0.2) is 19.7 Å². The van der Waals surface area contributed by atoms with Crippen LogP contribution in [0, 0.1) is 0 Å². The van der Waals surface area contributed by atoms with E-state index in [2.05, 4.69) is 20.5 Å². The molecule has 0 saturated heterocycles. The highest BCUT2D eigenvalue weighted by Crippen LogP contribution is 2.17. The molecule has 3 aromatic rings. The molecule has 0 fully saturated rings. The third-order valence-corrected chi connectivity index (χ3v) is 3.42. The lowest BCUT2D eigenvalue weighted by Crippen LogP contribution is -2.20. The fourth-order valence-electron chi connectivity index (χ4n) is 2.34. The molecule has 0 saturated carbocycles. The summed E-state index contributed by atoms with van der Waals surface area (Å²) in [5.74, 6) is 0. The second-order valence-corrected chi connectivity index (χ2v) is 4.66. The van der Waals surface area contributed by atoms with E-state index in [1.165, 1.54) is 0 Å². The zero-order chi connectivity index (χ0) is 14.8. The topological polar surface area (TPSA) is 95.6 Å². The summed E-state index contributed by atoms with van der Waals surface area (Å²) in [6.45, 7) is 3.39. The molecule has 2 heterocycles. The first kappa shape index (κ1) is 13.2. The van der Waals surface area contributed by atoms with Gasteiger partial charge in [0.2, 0.25) is 0 Å². The standard InChI is InChI=1S/C14H15N5O2/c1-2-19-8-15-6-9(19)7-16-11-5-3-4-10-12(11)14(21)18-17-13(10)20/h3-6,8,16H,2,7H2,1H3,(H,17,20)(H,18,21). The van der Waals surface area contributed by atoms with Gasteiger partial charge in [0, 0.05) is 18.4 Å². The summed E-state index contributed by atoms with van der Waals surface area (Å²) in [6, 6.07) is 5.16. The van der Waals surface area contributed by atoms with Crippen molar-refractivity contribution < 1.29 is 0 Å². The molecule has 108 valence electrons. The Balaban J connectivity index is 2.00. The number of hydrogen-bond donors (Lipinski definition) is 3. The van der Waals surface area contributed by atoms with Crippen LogP contribution < -0.4 is 16.4 Å². The van der Waals surface area contributed by atoms with Gasteiger partial charge in [0.25, 0.3) is 11.1 Å². The normalized spacial score (nSPS) is 10.9. The lowest BCUT2D eigenvalue weighted by Gasteiger charge is -2.10. The molecule has 0 radical (unpaired) electrons. The summed E-state index contributed by atoms with van der Waals surface area (Å²) < 4.78 is 2.01. The first-order valence-electron chi connectivity index (χ1n) is 6.67. The monoisotopic (exact) mass is 285 g/mol. The minimum Gasteiger partial charge on any atom is -0.379 e. The van der Waals surface area contributed by atoms with E-state index < -0.39 is 0 Å². The Morgan fingerprint density at radius 3 is 2.86 bits per heavy atom. The van der Waals surface area contributed by atoms with Gasteiger partial charge in [-0.2, -0.15) is 0 Å². The number of nitrogens with zero attached hydrogens (tertiary/aromatic N) is 2. The molecule has 7 heteroatoms. The van der Waals surface area contributed by atoms with Crippen molar-refractivity contribution in [2.45, 2.75) is 20.0 Å². The van der Waals surface area contributed by atoms with E-state index in [0.29, 0.717) is 23.0 Å². The van der Waals surface area contributed by atoms with Crippen molar-refractivity contribution >= 4 is 16.5 Å². The first-order valence-corrected chi connectivity index (χ1v) is 6.67. The third-order valence-electron chi connectivity index (χ3n) is 3.42. The molecular weight excluding hydrogens is 270 g/mol. The first-order chi connectivity index (χ1) is 10.2. The molecule has 21 heavy (non-hydrogen) atoms. The van der Waals surface area contributed by atoms with E-state index in [9.17, 15) is 9.59 Å². The Morgan fingerprint density at radius 1 is 1.24 bits per heavy atom. The Labute approximate surface area is 119 Å². The number of aromatic nitrogens is 4. The van der Waals surface area contributed by atoms with Crippen molar-refractivity contribution in [3.05, 3.63) is 57.1 Å². The number of benzene rings is 1. The number of nitrogens with one attached hydrogen (secondary N) is 3. The van der Waals surface area contributed by atoms with Crippen molar-refractivity contribution in [3.8, 4) is 0 Å². The van der Waals surface area contributed by atoms with Gasteiger partial charge in [0.1, 0.15) is 0 Å². The number of fused-ring (bicyclic) bond motifs is 1. The van der Waals surface area contributed by atoms with Crippen LogP contribution >= 0.6 is 0 Å². The molecule has 0 aliphatic heterocycles. The van der Waals surface area contributed by atoms with Crippen LogP contribution in [0.15, 0.2) is 40.3 Å². The number of anilines is 1. The number of aryl methyl sites for hydroxylation is 1. The van der Waals surface area contributed by atoms with Crippen molar-refractivity contribution in [2.24, 2.45) is 0 Å². The SMILES string of the molecule is CCn1cncc1CNc1cccc2c(=O)[nH][nH]c(=O)c12. The summed E-state index contributed by atoms with van der Waals surface area (Å²) in [5, 5.41) is 8.60. The van der Waals surface area contributed by atoms with E-state index in [-0.39, 0.29) is 11.1 Å². The van der Waals surface area contributed by atoms with Gasteiger partial charge in [-0.25, -0.2) is 4.98 Å². The van der Waals surface area contributed by atoms with E-state index in [4.69, 9.17) is 0 Å². The van der Waals surface area contributed by atoms with E-state index in [1.54, 1.807) is 30.7 Å². The average molecular weight is 285 g/mol. The molecule has 1 aromatic carbocycles. The second-order valence-electron chi connectivity index (χ2n) is 4.66. The lowest BCUT2D eigenvalue weighted by atomic mass is 10.1. The predicted octanol–water partition coefficient (Wildman–Crippen LogP) is 1.04. The van der Waals surface area contributed by atoms with Crippen LogP contribution in [-0.2, 0) is 13.1 Å². The highest BCUT2D eigenvalue weighted by molar-refractivity contribution is 5.92. The van der Waals surface area contributed by atoms with Crippen LogP contribution in [0.4, 0.5) is 5.69 Å². The quantitative estimate of drug-likeness (QED) is 0.667. The molecule has 0 unspecified atom stereocenters. The minimum atomic E-state index is -0.323. The number of imidazole rings is 1. The molecule has 0 aliphatic carbocycles. The predicted molar refractivity (Wildman–Crippen MR) is 80.4 cm³/mol. The van der Waals surface area contributed by atoms with Crippen LogP contribution in [0.25, 0.3) is 10.8 Å². The summed E-state index contributed by atoms with van der Waals surface area (Å²) >= 11 is 0. The molecule has 0 atom stereocenters. The fourth-order valence-corrected chi connectivity index (χ4v) is 2.34. The average Bonchev–Trinajstić information content (AvgIpc) is 2.96. The van der Waals surface area contributed by atoms with Crippen LogP contribution in [0.2, 0.25) is 0 Å². The van der Waals surface area contributed by atoms with Gasteiger partial charge >= 0.3 is 0 Å². The summed E-state index contributed by atoms with van der Waals surface area (Å²) in [7, 11) is 0. The maximum Gasteiger partial charge on any atom is 0.272 e. The number of H-pyrrole nitrogens is 2. The molecule has 2 aromatic heterocycles. The van der Waals surface area contributed by atoms with Gasteiger partial charge in [-0.05, 0) is 19.1 Å². The Hall–Kier alpha value is -2.83. The molecule has 7 nitrogen and oxygen atoms in total. The van der Waals surface area contributed by atoms with Crippen molar-refractivity contribution in [1.29, 1.82) is 0 Å². The molecule has 3 N–H and O–H groups in total. The van der Waals surface area contributed by atoms with Crippen molar-refractivity contribution in [3.63, 3.8) is 0 Å². The Morgan fingerprint density at radius 2 is 2.05 bits per heavy atom. The maximum atomic E-state index is 12.0. The van der Waals surface area contributed by atoms with Gasteiger partial charge in [0.15, 0.2) is 0 Å². The molecular formula is C14H15N5O2. The Bertz CT molecular complexity index is 890. The van der Waals surface area contributed by atoms with Gasteiger partial charge in [-0.3, -0.25) is 19.8 Å². The smallest absolute Gasteiger partial charge is 0.272 e. The maximum absolute atomic E-state index is 12.0. The minimum absolute atomic E-state index is 0.313.